The van der Waals surface area contributed by atoms with Crippen LogP contribution in [-0.2, 0) is 10.1 Å². The number of hydrogen-bond donors (Lipinski definition) is 1. The fourth-order valence-corrected chi connectivity index (χ4v) is 2.68. The van der Waals surface area contributed by atoms with Crippen molar-refractivity contribution in [3.05, 3.63) is 41.4 Å². The molecule has 23 heavy (non-hydrogen) atoms. The average molecular weight is 342 g/mol. The van der Waals surface area contributed by atoms with E-state index in [1.807, 2.05) is 0 Å². The zero-order valence-electron chi connectivity index (χ0n) is 11.1. The zero-order chi connectivity index (χ0) is 16.8. The van der Waals surface area contributed by atoms with Crippen LogP contribution in [0, 0.1) is 5.39 Å². The van der Waals surface area contributed by atoms with Gasteiger partial charge in [0, 0.05) is 22.4 Å². The first-order chi connectivity index (χ1) is 10.7. The molecule has 0 atom stereocenters. The molecule has 0 aliphatic rings. The lowest BCUT2D eigenvalue weighted by molar-refractivity contribution is -0.0499. The minimum atomic E-state index is -5.90. The number of para-hydroxylation sites is 1. The van der Waals surface area contributed by atoms with Crippen molar-refractivity contribution >= 4 is 37.6 Å². The number of nitrogens with one attached hydrogen (secondary N) is 1. The number of nitrogens with zero attached hydrogens (tertiary/aromatic N) is 2. The molecule has 118 valence electrons. The summed E-state index contributed by atoms with van der Waals surface area (Å²) in [6, 6.07) is 9.41. The van der Waals surface area contributed by atoms with Crippen molar-refractivity contribution in [1.82, 2.24) is 4.98 Å². The Labute approximate surface area is 127 Å². The highest BCUT2D eigenvalue weighted by molar-refractivity contribution is 7.88. The molecule has 0 unspecified atom stereocenters. The van der Waals surface area contributed by atoms with Crippen molar-refractivity contribution in [2.45, 2.75) is 5.51 Å². The highest BCUT2D eigenvalue weighted by atomic mass is 32.2. The van der Waals surface area contributed by atoms with Gasteiger partial charge >= 0.3 is 21.3 Å². The molecule has 0 saturated heterocycles. The zero-order valence-corrected chi connectivity index (χ0v) is 11.9. The lowest BCUT2D eigenvalue weighted by atomic mass is 10.1. The second-order valence-electron chi connectivity index (χ2n) is 4.59. The lowest BCUT2D eigenvalue weighted by Crippen LogP contribution is -2.28. The number of aromatic amines is 1. The van der Waals surface area contributed by atoms with Gasteiger partial charge in [0.15, 0.2) is 4.98 Å². The molecule has 0 saturated carbocycles. The molecule has 0 aliphatic carbocycles. The molecule has 1 aromatic heterocycles. The van der Waals surface area contributed by atoms with Crippen LogP contribution in [0.25, 0.3) is 26.8 Å². The molecule has 6 nitrogen and oxygen atoms in total. The number of rotatable bonds is 2. The molecule has 0 radical (unpaired) electrons. The van der Waals surface area contributed by atoms with E-state index in [1.54, 1.807) is 24.3 Å². The van der Waals surface area contributed by atoms with Crippen molar-refractivity contribution in [2.24, 2.45) is 0 Å². The number of benzene rings is 2. The fourth-order valence-electron chi connectivity index (χ4n) is 2.20. The molecular formula is C13H7F3N3O3S+. The predicted molar refractivity (Wildman–Crippen MR) is 76.2 cm³/mol. The van der Waals surface area contributed by atoms with Crippen LogP contribution < -0.4 is 4.18 Å². The monoisotopic (exact) mass is 342 g/mol. The molecule has 3 rings (SSSR count). The van der Waals surface area contributed by atoms with E-state index in [-0.39, 0.29) is 5.52 Å². The Morgan fingerprint density at radius 2 is 1.78 bits per heavy atom. The van der Waals surface area contributed by atoms with E-state index in [9.17, 15) is 21.6 Å². The van der Waals surface area contributed by atoms with E-state index in [0.29, 0.717) is 16.3 Å². The largest absolute Gasteiger partial charge is 0.534 e. The third-order valence-corrected chi connectivity index (χ3v) is 4.15. The summed E-state index contributed by atoms with van der Waals surface area (Å²) < 4.78 is 64.4. The minimum absolute atomic E-state index is 0.0191. The summed E-state index contributed by atoms with van der Waals surface area (Å²) in [6.07, 6.45) is 0. The van der Waals surface area contributed by atoms with Crippen molar-refractivity contribution in [3.63, 3.8) is 0 Å². The Hall–Kier alpha value is -2.80. The minimum Gasteiger partial charge on any atom is -0.365 e. The van der Waals surface area contributed by atoms with Crippen LogP contribution in [0.15, 0.2) is 36.4 Å². The molecule has 1 N–H and O–H groups in total. The van der Waals surface area contributed by atoms with Gasteiger partial charge in [-0.2, -0.15) is 21.6 Å². The van der Waals surface area contributed by atoms with E-state index in [2.05, 4.69) is 14.1 Å². The van der Waals surface area contributed by atoms with Crippen molar-refractivity contribution in [3.8, 4) is 5.75 Å². The van der Waals surface area contributed by atoms with Crippen LogP contribution in [0.2, 0.25) is 0 Å². The van der Waals surface area contributed by atoms with Gasteiger partial charge in [-0.15, -0.1) is 0 Å². The number of diazo groups is 1. The number of halogens is 3. The van der Waals surface area contributed by atoms with Crippen molar-refractivity contribution < 1.29 is 25.8 Å². The number of alkyl halides is 3. The molecule has 0 spiro atoms. The van der Waals surface area contributed by atoms with E-state index >= 15 is 0 Å². The standard InChI is InChI=1S/C13H7F3N3O3S/c14-13(15,16)23(20,21)22-12-10(19-17)6-5-8-7-3-1-2-4-9(7)18-11(8)12/h1-6,18H/q+1. The summed E-state index contributed by atoms with van der Waals surface area (Å²) in [5.41, 5.74) is -5.51. The van der Waals surface area contributed by atoms with Crippen LogP contribution in [0.4, 0.5) is 18.9 Å². The smallest absolute Gasteiger partial charge is 0.365 e. The maximum atomic E-state index is 12.5. The van der Waals surface area contributed by atoms with Crippen LogP contribution in [0.1, 0.15) is 0 Å². The summed E-state index contributed by atoms with van der Waals surface area (Å²) in [4.78, 5) is 5.55. The Kier molecular flexibility index (Phi) is 3.19. The van der Waals surface area contributed by atoms with Crippen molar-refractivity contribution in [2.75, 3.05) is 0 Å². The first-order valence-electron chi connectivity index (χ1n) is 6.14. The molecule has 0 amide bonds. The maximum Gasteiger partial charge on any atom is 0.534 e. The van der Waals surface area contributed by atoms with Gasteiger partial charge in [-0.05, 0) is 12.1 Å². The normalized spacial score (nSPS) is 12.4. The SMILES string of the molecule is N#[N+]c1ccc2c([nH]c3ccccc32)c1OS(=O)(=O)C(F)(F)F. The second-order valence-corrected chi connectivity index (χ2v) is 6.13. The summed E-state index contributed by atoms with van der Waals surface area (Å²) >= 11 is 0. The third kappa shape index (κ3) is 2.35. The van der Waals surface area contributed by atoms with Gasteiger partial charge in [-0.1, -0.05) is 18.2 Å². The van der Waals surface area contributed by atoms with Crippen LogP contribution in [0.5, 0.6) is 5.75 Å². The molecule has 3 aromatic rings. The summed E-state index contributed by atoms with van der Waals surface area (Å²) in [7, 11) is -5.90. The second kappa shape index (κ2) is 4.85. The lowest BCUT2D eigenvalue weighted by Gasteiger charge is -2.08. The molecule has 10 heteroatoms. The van der Waals surface area contributed by atoms with Crippen LogP contribution in [0.3, 0.4) is 0 Å². The molecular weight excluding hydrogens is 335 g/mol. The Balaban J connectivity index is 2.32. The number of aromatic nitrogens is 1. The van der Waals surface area contributed by atoms with Crippen LogP contribution >= 0.6 is 0 Å². The summed E-state index contributed by atoms with van der Waals surface area (Å²) in [6.45, 7) is 0. The predicted octanol–water partition coefficient (Wildman–Crippen LogP) is 4.03. The van der Waals surface area contributed by atoms with E-state index in [4.69, 9.17) is 5.39 Å². The molecule has 0 fully saturated rings. The van der Waals surface area contributed by atoms with Gasteiger partial charge in [0.2, 0.25) is 5.39 Å². The number of H-pyrrole nitrogens is 1. The molecule has 0 bridgehead atoms. The van der Waals surface area contributed by atoms with Gasteiger partial charge in [-0.3, -0.25) is 0 Å². The highest BCUT2D eigenvalue weighted by Gasteiger charge is 2.49. The van der Waals surface area contributed by atoms with Crippen LogP contribution in [-0.4, -0.2) is 18.9 Å². The van der Waals surface area contributed by atoms with Gasteiger partial charge in [0.05, 0.1) is 5.52 Å². The van der Waals surface area contributed by atoms with E-state index < -0.39 is 27.1 Å². The quantitative estimate of drug-likeness (QED) is 0.433. The van der Waals surface area contributed by atoms with Gasteiger partial charge in [0.1, 0.15) is 0 Å². The molecule has 1 heterocycles. The topological polar surface area (TPSA) is 87.3 Å². The number of fused-ring (bicyclic) bond motifs is 3. The highest BCUT2D eigenvalue weighted by Crippen LogP contribution is 2.41. The maximum absolute atomic E-state index is 12.5. The average Bonchev–Trinajstić information content (AvgIpc) is 2.85. The summed E-state index contributed by atoms with van der Waals surface area (Å²) in [5, 5.41) is 9.99. The Morgan fingerprint density at radius 1 is 1.09 bits per heavy atom. The van der Waals surface area contributed by atoms with Gasteiger partial charge in [-0.25, -0.2) is 0 Å². The van der Waals surface area contributed by atoms with Gasteiger partial charge in [0.25, 0.3) is 5.75 Å². The number of hydrogen-bond acceptors (Lipinski definition) is 4. The first kappa shape index (κ1) is 15.1. The molecule has 0 aliphatic heterocycles. The Morgan fingerprint density at radius 3 is 2.43 bits per heavy atom. The molecule has 2 aromatic carbocycles. The van der Waals surface area contributed by atoms with Gasteiger partial charge < -0.3 is 9.17 Å². The first-order valence-corrected chi connectivity index (χ1v) is 7.55. The fraction of sp³-hybridized carbons (Fsp3) is 0.0769. The third-order valence-electron chi connectivity index (χ3n) is 3.20. The van der Waals surface area contributed by atoms with Crippen molar-refractivity contribution in [1.29, 1.82) is 5.39 Å². The Bertz CT molecular complexity index is 1060. The van der Waals surface area contributed by atoms with E-state index in [1.165, 1.54) is 6.07 Å². The van der Waals surface area contributed by atoms with E-state index in [0.717, 1.165) is 6.07 Å². The summed E-state index contributed by atoms with van der Waals surface area (Å²) in [5.74, 6) is -0.724.